The van der Waals surface area contributed by atoms with Gasteiger partial charge in [-0.25, -0.2) is 0 Å². The fourth-order valence-corrected chi connectivity index (χ4v) is 5.00. The van der Waals surface area contributed by atoms with E-state index in [0.717, 1.165) is 31.5 Å². The van der Waals surface area contributed by atoms with E-state index in [2.05, 4.69) is 52.7 Å². The zero-order valence-electron chi connectivity index (χ0n) is 13.6. The number of benzene rings is 2. The first-order chi connectivity index (χ1) is 11.4. The molecule has 2 aliphatic heterocycles. The first-order valence-electron chi connectivity index (χ1n) is 9.08. The summed E-state index contributed by atoms with van der Waals surface area (Å²) in [5.74, 6) is 1.67. The van der Waals surface area contributed by atoms with Crippen LogP contribution in [-0.4, -0.2) is 19.6 Å². The third-order valence-corrected chi connectivity index (χ3v) is 6.03. The molecule has 23 heavy (non-hydrogen) atoms. The Balaban J connectivity index is 1.71. The maximum Gasteiger partial charge on any atom is 0.0448 e. The average Bonchev–Trinajstić information content (AvgIpc) is 2.98. The molecule has 1 saturated carbocycles. The molecule has 2 unspecified atom stereocenters. The minimum absolute atomic E-state index is 0.793. The van der Waals surface area contributed by atoms with Gasteiger partial charge in [0.05, 0.1) is 0 Å². The van der Waals surface area contributed by atoms with Crippen molar-refractivity contribution in [2.24, 2.45) is 5.92 Å². The third kappa shape index (κ3) is 2.20. The van der Waals surface area contributed by atoms with E-state index in [4.69, 9.17) is 0 Å². The van der Waals surface area contributed by atoms with Crippen molar-refractivity contribution >= 4 is 5.69 Å². The summed E-state index contributed by atoms with van der Waals surface area (Å²) in [6, 6.07) is 15.8. The summed E-state index contributed by atoms with van der Waals surface area (Å²) in [6.45, 7) is 4.55. The Bertz CT molecular complexity index is 722. The summed E-state index contributed by atoms with van der Waals surface area (Å²) in [5.41, 5.74) is 7.46. The Hall–Kier alpha value is -1.80. The van der Waals surface area contributed by atoms with E-state index in [-0.39, 0.29) is 0 Å². The zero-order valence-corrected chi connectivity index (χ0v) is 13.6. The molecule has 5 rings (SSSR count). The minimum Gasteiger partial charge on any atom is -0.369 e. The van der Waals surface area contributed by atoms with Gasteiger partial charge in [0, 0.05) is 31.9 Å². The number of hydrogen-bond acceptors (Lipinski definition) is 2. The number of fused-ring (bicyclic) bond motifs is 2. The van der Waals surface area contributed by atoms with E-state index in [0.29, 0.717) is 0 Å². The maximum atomic E-state index is 3.63. The lowest BCUT2D eigenvalue weighted by Crippen LogP contribution is -2.38. The molecule has 0 bridgehead atoms. The smallest absolute Gasteiger partial charge is 0.0448 e. The predicted octanol–water partition coefficient (Wildman–Crippen LogP) is 4.16. The highest BCUT2D eigenvalue weighted by Crippen LogP contribution is 2.50. The second-order valence-electron chi connectivity index (χ2n) is 7.36. The van der Waals surface area contributed by atoms with Crippen LogP contribution in [0.15, 0.2) is 42.5 Å². The Kier molecular flexibility index (Phi) is 3.19. The fraction of sp³-hybridized carbons (Fsp3) is 0.429. The maximum absolute atomic E-state index is 3.63. The van der Waals surface area contributed by atoms with Gasteiger partial charge < -0.3 is 10.2 Å². The van der Waals surface area contributed by atoms with Crippen LogP contribution in [0.1, 0.15) is 36.3 Å². The van der Waals surface area contributed by atoms with Crippen molar-refractivity contribution in [3.63, 3.8) is 0 Å². The van der Waals surface area contributed by atoms with Gasteiger partial charge in [-0.15, -0.1) is 0 Å². The lowest BCUT2D eigenvalue weighted by atomic mass is 9.81. The Labute approximate surface area is 138 Å². The Morgan fingerprint density at radius 2 is 1.91 bits per heavy atom. The van der Waals surface area contributed by atoms with Crippen molar-refractivity contribution in [2.45, 2.75) is 31.7 Å². The number of anilines is 1. The molecule has 2 atom stereocenters. The monoisotopic (exact) mass is 304 g/mol. The van der Waals surface area contributed by atoms with Crippen molar-refractivity contribution in [3.8, 4) is 11.1 Å². The van der Waals surface area contributed by atoms with Gasteiger partial charge in [-0.2, -0.15) is 0 Å². The highest BCUT2D eigenvalue weighted by Gasteiger charge is 2.38. The predicted molar refractivity (Wildman–Crippen MR) is 95.9 cm³/mol. The van der Waals surface area contributed by atoms with E-state index in [1.807, 2.05) is 0 Å². The van der Waals surface area contributed by atoms with Gasteiger partial charge >= 0.3 is 0 Å². The lowest BCUT2D eigenvalue weighted by Gasteiger charge is -2.39. The molecule has 3 aliphatic rings. The molecule has 2 aromatic rings. The van der Waals surface area contributed by atoms with Crippen LogP contribution < -0.4 is 10.2 Å². The molecule has 0 saturated heterocycles. The van der Waals surface area contributed by atoms with Gasteiger partial charge in [0.25, 0.3) is 0 Å². The quantitative estimate of drug-likeness (QED) is 0.851. The number of rotatable bonds is 1. The van der Waals surface area contributed by atoms with Crippen LogP contribution in [0.25, 0.3) is 11.1 Å². The van der Waals surface area contributed by atoms with E-state index in [1.165, 1.54) is 42.5 Å². The summed E-state index contributed by atoms with van der Waals surface area (Å²) in [4.78, 5) is 2.67. The van der Waals surface area contributed by atoms with Crippen LogP contribution >= 0.6 is 0 Å². The van der Waals surface area contributed by atoms with Gasteiger partial charge in [0.1, 0.15) is 0 Å². The molecule has 0 radical (unpaired) electrons. The molecule has 118 valence electrons. The highest BCUT2D eigenvalue weighted by molar-refractivity contribution is 5.74. The zero-order chi connectivity index (χ0) is 15.2. The summed E-state index contributed by atoms with van der Waals surface area (Å²) < 4.78 is 0. The van der Waals surface area contributed by atoms with Crippen LogP contribution in [0.4, 0.5) is 5.69 Å². The van der Waals surface area contributed by atoms with Gasteiger partial charge in [0.2, 0.25) is 0 Å². The van der Waals surface area contributed by atoms with Crippen LogP contribution in [-0.2, 0) is 6.54 Å². The van der Waals surface area contributed by atoms with E-state index in [9.17, 15) is 0 Å². The second-order valence-corrected chi connectivity index (χ2v) is 7.36. The molecule has 1 aliphatic carbocycles. The van der Waals surface area contributed by atoms with Crippen molar-refractivity contribution < 1.29 is 0 Å². The lowest BCUT2D eigenvalue weighted by molar-refractivity contribution is 0.454. The molecule has 2 nitrogen and oxygen atoms in total. The molecular formula is C21H24N2. The molecule has 1 fully saturated rings. The average molecular weight is 304 g/mol. The van der Waals surface area contributed by atoms with E-state index in [1.54, 1.807) is 11.3 Å². The number of hydrogen-bond donors (Lipinski definition) is 1. The summed E-state index contributed by atoms with van der Waals surface area (Å²) in [5, 5.41) is 3.63. The summed E-state index contributed by atoms with van der Waals surface area (Å²) in [7, 11) is 0. The van der Waals surface area contributed by atoms with Crippen LogP contribution in [0.5, 0.6) is 0 Å². The summed E-state index contributed by atoms with van der Waals surface area (Å²) in [6.07, 6.45) is 4.21. The second kappa shape index (κ2) is 5.38. The van der Waals surface area contributed by atoms with E-state index >= 15 is 0 Å². The van der Waals surface area contributed by atoms with Gasteiger partial charge in [-0.05, 0) is 59.1 Å². The molecule has 1 N–H and O–H groups in total. The molecule has 0 aromatic heterocycles. The molecule has 2 heteroatoms. The first kappa shape index (κ1) is 13.6. The SMILES string of the molecule is c1ccc(-c2cc3c4c(c2)C2CCCC2CN4CCNC3)cc1. The van der Waals surface area contributed by atoms with Crippen molar-refractivity contribution in [1.82, 2.24) is 5.32 Å². The van der Waals surface area contributed by atoms with Gasteiger partial charge in [-0.1, -0.05) is 36.8 Å². The number of nitrogens with zero attached hydrogens (tertiary/aromatic N) is 1. The standard InChI is InChI=1S/C21H24N2/c1-2-5-15(6-3-1)17-11-18-13-22-9-10-23-14-16-7-4-8-19(16)20(12-17)21(18)23/h1-3,5-6,11-12,16,19,22H,4,7-10,13-14H2. The van der Waals surface area contributed by atoms with Crippen molar-refractivity contribution in [3.05, 3.63) is 53.6 Å². The Morgan fingerprint density at radius 1 is 1.00 bits per heavy atom. The molecule has 2 heterocycles. The summed E-state index contributed by atoms with van der Waals surface area (Å²) >= 11 is 0. The van der Waals surface area contributed by atoms with Gasteiger partial charge in [0.15, 0.2) is 0 Å². The van der Waals surface area contributed by atoms with Gasteiger partial charge in [-0.3, -0.25) is 0 Å². The first-order valence-corrected chi connectivity index (χ1v) is 9.08. The van der Waals surface area contributed by atoms with Crippen LogP contribution in [0, 0.1) is 5.92 Å². The Morgan fingerprint density at radius 3 is 2.83 bits per heavy atom. The molecular weight excluding hydrogens is 280 g/mol. The molecule has 0 amide bonds. The van der Waals surface area contributed by atoms with Crippen LogP contribution in [0.2, 0.25) is 0 Å². The van der Waals surface area contributed by atoms with E-state index < -0.39 is 0 Å². The third-order valence-electron chi connectivity index (χ3n) is 6.03. The number of nitrogens with one attached hydrogen (secondary N) is 1. The normalized spacial score (nSPS) is 25.7. The highest BCUT2D eigenvalue weighted by atomic mass is 15.2. The molecule has 2 aromatic carbocycles. The largest absolute Gasteiger partial charge is 0.369 e. The van der Waals surface area contributed by atoms with Crippen LogP contribution in [0.3, 0.4) is 0 Å². The fourth-order valence-electron chi connectivity index (χ4n) is 5.00. The molecule has 0 spiro atoms. The topological polar surface area (TPSA) is 15.3 Å². The van der Waals surface area contributed by atoms with Crippen molar-refractivity contribution in [1.29, 1.82) is 0 Å². The van der Waals surface area contributed by atoms with Crippen molar-refractivity contribution in [2.75, 3.05) is 24.5 Å². The minimum atomic E-state index is 0.793.